The van der Waals surface area contributed by atoms with E-state index in [1.807, 2.05) is 31.2 Å². The smallest absolute Gasteiger partial charge is 0.252 e. The monoisotopic (exact) mass is 337 g/mol. The SMILES string of the molecule is COc1cc(OC)cc(-c2cc(=O)[nH]c(Nc3cccc(C)c3)n2)c1. The molecule has 0 saturated carbocycles. The van der Waals surface area contributed by atoms with Crippen LogP contribution in [0.25, 0.3) is 11.3 Å². The van der Waals surface area contributed by atoms with E-state index < -0.39 is 0 Å². The van der Waals surface area contributed by atoms with Gasteiger partial charge in [-0.05, 0) is 36.8 Å². The minimum Gasteiger partial charge on any atom is -0.497 e. The first kappa shape index (κ1) is 16.6. The first-order valence-corrected chi connectivity index (χ1v) is 7.76. The summed E-state index contributed by atoms with van der Waals surface area (Å²) in [5.41, 5.74) is 2.97. The van der Waals surface area contributed by atoms with Gasteiger partial charge in [-0.15, -0.1) is 0 Å². The van der Waals surface area contributed by atoms with Crippen LogP contribution in [0.2, 0.25) is 0 Å². The highest BCUT2D eigenvalue weighted by molar-refractivity contribution is 5.65. The van der Waals surface area contributed by atoms with Crippen molar-refractivity contribution in [3.05, 3.63) is 64.4 Å². The van der Waals surface area contributed by atoms with Crippen LogP contribution in [0.3, 0.4) is 0 Å². The number of aromatic nitrogens is 2. The average molecular weight is 337 g/mol. The first-order valence-electron chi connectivity index (χ1n) is 7.76. The molecule has 3 aromatic rings. The van der Waals surface area contributed by atoms with Gasteiger partial charge in [0.25, 0.3) is 5.56 Å². The lowest BCUT2D eigenvalue weighted by atomic mass is 10.1. The van der Waals surface area contributed by atoms with Crippen molar-refractivity contribution in [1.82, 2.24) is 9.97 Å². The van der Waals surface area contributed by atoms with Gasteiger partial charge in [-0.2, -0.15) is 0 Å². The number of nitrogens with one attached hydrogen (secondary N) is 2. The molecule has 2 aromatic carbocycles. The zero-order valence-electron chi connectivity index (χ0n) is 14.3. The van der Waals surface area contributed by atoms with E-state index in [0.29, 0.717) is 23.1 Å². The van der Waals surface area contributed by atoms with E-state index in [4.69, 9.17) is 9.47 Å². The Labute approximate surface area is 145 Å². The van der Waals surface area contributed by atoms with E-state index in [-0.39, 0.29) is 5.56 Å². The maximum atomic E-state index is 12.1. The maximum Gasteiger partial charge on any atom is 0.252 e. The van der Waals surface area contributed by atoms with Crippen LogP contribution in [0.5, 0.6) is 11.5 Å². The second kappa shape index (κ2) is 7.09. The number of hydrogen-bond acceptors (Lipinski definition) is 5. The molecule has 0 fully saturated rings. The van der Waals surface area contributed by atoms with Crippen LogP contribution >= 0.6 is 0 Å². The Kier molecular flexibility index (Phi) is 4.70. The van der Waals surface area contributed by atoms with Crippen molar-refractivity contribution in [2.24, 2.45) is 0 Å². The Morgan fingerprint density at radius 3 is 2.36 bits per heavy atom. The quantitative estimate of drug-likeness (QED) is 0.745. The molecule has 6 heteroatoms. The fraction of sp³-hybridized carbons (Fsp3) is 0.158. The zero-order chi connectivity index (χ0) is 17.8. The number of nitrogens with zero attached hydrogens (tertiary/aromatic N) is 1. The molecule has 1 aromatic heterocycles. The van der Waals surface area contributed by atoms with Crippen molar-refractivity contribution in [1.29, 1.82) is 0 Å². The molecule has 3 rings (SSSR count). The molecule has 0 saturated heterocycles. The van der Waals surface area contributed by atoms with Crippen LogP contribution in [-0.2, 0) is 0 Å². The molecule has 6 nitrogen and oxygen atoms in total. The summed E-state index contributed by atoms with van der Waals surface area (Å²) in [7, 11) is 3.16. The molecule has 0 aliphatic rings. The molecule has 1 heterocycles. The summed E-state index contributed by atoms with van der Waals surface area (Å²) in [6.07, 6.45) is 0. The normalized spacial score (nSPS) is 10.4. The maximum absolute atomic E-state index is 12.1. The highest BCUT2D eigenvalue weighted by Crippen LogP contribution is 2.28. The summed E-state index contributed by atoms with van der Waals surface area (Å²) in [6, 6.07) is 14.6. The van der Waals surface area contributed by atoms with Gasteiger partial charge in [-0.1, -0.05) is 12.1 Å². The zero-order valence-corrected chi connectivity index (χ0v) is 14.3. The molecule has 25 heavy (non-hydrogen) atoms. The van der Waals surface area contributed by atoms with Gasteiger partial charge in [0.2, 0.25) is 5.95 Å². The van der Waals surface area contributed by atoms with Crippen LogP contribution in [0.4, 0.5) is 11.6 Å². The van der Waals surface area contributed by atoms with Gasteiger partial charge < -0.3 is 14.8 Å². The molecule has 0 atom stereocenters. The fourth-order valence-electron chi connectivity index (χ4n) is 2.48. The molecule has 0 amide bonds. The summed E-state index contributed by atoms with van der Waals surface area (Å²) >= 11 is 0. The van der Waals surface area contributed by atoms with Crippen LogP contribution in [0.15, 0.2) is 53.3 Å². The van der Waals surface area contributed by atoms with Gasteiger partial charge in [0.05, 0.1) is 19.9 Å². The predicted octanol–water partition coefficient (Wildman–Crippen LogP) is 3.51. The van der Waals surface area contributed by atoms with E-state index in [2.05, 4.69) is 15.3 Å². The number of anilines is 2. The van der Waals surface area contributed by atoms with Crippen LogP contribution in [0.1, 0.15) is 5.56 Å². The summed E-state index contributed by atoms with van der Waals surface area (Å²) in [5.74, 6) is 1.63. The molecular weight excluding hydrogens is 318 g/mol. The van der Waals surface area contributed by atoms with Crippen molar-refractivity contribution >= 4 is 11.6 Å². The summed E-state index contributed by atoms with van der Waals surface area (Å²) in [4.78, 5) is 19.3. The van der Waals surface area contributed by atoms with Crippen molar-refractivity contribution in [2.45, 2.75) is 6.92 Å². The van der Waals surface area contributed by atoms with Gasteiger partial charge in [0, 0.05) is 23.4 Å². The predicted molar refractivity (Wildman–Crippen MR) is 97.9 cm³/mol. The second-order valence-corrected chi connectivity index (χ2v) is 5.58. The third-order valence-electron chi connectivity index (χ3n) is 3.67. The topological polar surface area (TPSA) is 76.2 Å². The second-order valence-electron chi connectivity index (χ2n) is 5.58. The molecule has 0 unspecified atom stereocenters. The van der Waals surface area contributed by atoms with Crippen LogP contribution in [0, 0.1) is 6.92 Å². The van der Waals surface area contributed by atoms with Gasteiger partial charge >= 0.3 is 0 Å². The standard InChI is InChI=1S/C19H19N3O3/c1-12-5-4-6-14(7-12)20-19-21-17(11-18(23)22-19)13-8-15(24-2)10-16(9-13)25-3/h4-11H,1-3H3,(H2,20,21,22,23). The molecular formula is C19H19N3O3. The van der Waals surface area contributed by atoms with Crippen molar-refractivity contribution in [3.63, 3.8) is 0 Å². The van der Waals surface area contributed by atoms with E-state index in [9.17, 15) is 4.79 Å². The molecule has 0 aliphatic carbocycles. The van der Waals surface area contributed by atoms with E-state index in [0.717, 1.165) is 16.8 Å². The molecule has 0 radical (unpaired) electrons. The van der Waals surface area contributed by atoms with Gasteiger partial charge in [0.15, 0.2) is 0 Å². The molecule has 0 bridgehead atoms. The van der Waals surface area contributed by atoms with Crippen LogP contribution < -0.4 is 20.3 Å². The molecule has 2 N–H and O–H groups in total. The first-order chi connectivity index (χ1) is 12.1. The minimum absolute atomic E-state index is 0.248. The minimum atomic E-state index is -0.248. The van der Waals surface area contributed by atoms with Crippen molar-refractivity contribution in [2.75, 3.05) is 19.5 Å². The third-order valence-corrected chi connectivity index (χ3v) is 3.67. The summed E-state index contributed by atoms with van der Waals surface area (Å²) in [6.45, 7) is 2.00. The Balaban J connectivity index is 2.01. The number of benzene rings is 2. The largest absolute Gasteiger partial charge is 0.497 e. The van der Waals surface area contributed by atoms with Crippen molar-refractivity contribution in [3.8, 4) is 22.8 Å². The lowest BCUT2D eigenvalue weighted by molar-refractivity contribution is 0.394. The number of rotatable bonds is 5. The van der Waals surface area contributed by atoms with Crippen molar-refractivity contribution < 1.29 is 9.47 Å². The lowest BCUT2D eigenvalue weighted by Crippen LogP contribution is -2.10. The Morgan fingerprint density at radius 2 is 1.72 bits per heavy atom. The van der Waals surface area contributed by atoms with Crippen LogP contribution in [-0.4, -0.2) is 24.2 Å². The Bertz CT molecular complexity index is 928. The van der Waals surface area contributed by atoms with E-state index in [1.165, 1.54) is 6.07 Å². The van der Waals surface area contributed by atoms with E-state index >= 15 is 0 Å². The van der Waals surface area contributed by atoms with Gasteiger partial charge in [0.1, 0.15) is 11.5 Å². The van der Waals surface area contributed by atoms with E-state index in [1.54, 1.807) is 32.4 Å². The number of hydrogen-bond donors (Lipinski definition) is 2. The van der Waals surface area contributed by atoms with Gasteiger partial charge in [-0.25, -0.2) is 4.98 Å². The molecule has 0 aliphatic heterocycles. The fourth-order valence-corrected chi connectivity index (χ4v) is 2.48. The average Bonchev–Trinajstić information content (AvgIpc) is 2.60. The number of aromatic amines is 1. The number of H-pyrrole nitrogens is 1. The number of methoxy groups -OCH3 is 2. The Hall–Kier alpha value is -3.28. The molecule has 0 spiro atoms. The molecule has 128 valence electrons. The summed E-state index contributed by atoms with van der Waals surface area (Å²) in [5, 5.41) is 3.12. The number of aryl methyl sites for hydroxylation is 1. The lowest BCUT2D eigenvalue weighted by Gasteiger charge is -2.10. The third kappa shape index (κ3) is 3.98. The Morgan fingerprint density at radius 1 is 1.00 bits per heavy atom. The van der Waals surface area contributed by atoms with Gasteiger partial charge in [-0.3, -0.25) is 9.78 Å². The number of ether oxygens (including phenoxy) is 2. The summed E-state index contributed by atoms with van der Waals surface area (Å²) < 4.78 is 10.6. The highest BCUT2D eigenvalue weighted by Gasteiger charge is 2.08. The highest BCUT2D eigenvalue weighted by atomic mass is 16.5.